The normalized spacial score (nSPS) is 24.8. The second kappa shape index (κ2) is 5.28. The molecule has 1 fully saturated rings. The van der Waals surface area contributed by atoms with Crippen molar-refractivity contribution in [2.24, 2.45) is 0 Å². The molecule has 1 atom stereocenters. The van der Waals surface area contributed by atoms with E-state index in [1.165, 1.54) is 0 Å². The Hall–Kier alpha value is -1.43. The van der Waals surface area contributed by atoms with Gasteiger partial charge in [-0.1, -0.05) is 19.0 Å². The van der Waals surface area contributed by atoms with Gasteiger partial charge in [0.2, 0.25) is 5.89 Å². The van der Waals surface area contributed by atoms with Gasteiger partial charge in [0.25, 0.3) is 0 Å². The topological polar surface area (TPSA) is 79.5 Å². The van der Waals surface area contributed by atoms with Gasteiger partial charge in [0, 0.05) is 5.92 Å². The van der Waals surface area contributed by atoms with Crippen molar-refractivity contribution < 1.29 is 14.4 Å². The predicted octanol–water partition coefficient (Wildman–Crippen LogP) is 2.02. The van der Waals surface area contributed by atoms with Gasteiger partial charge in [-0.15, -0.1) is 0 Å². The van der Waals surface area contributed by atoms with Gasteiger partial charge in [0.1, 0.15) is 5.54 Å². The zero-order chi connectivity index (χ0) is 14.0. The predicted molar refractivity (Wildman–Crippen MR) is 68.7 cm³/mol. The van der Waals surface area contributed by atoms with Crippen molar-refractivity contribution in [3.63, 3.8) is 0 Å². The molecule has 0 radical (unpaired) electrons. The molecular weight excluding hydrogens is 246 g/mol. The molecule has 0 spiro atoms. The van der Waals surface area contributed by atoms with E-state index in [2.05, 4.69) is 10.1 Å². The fourth-order valence-corrected chi connectivity index (χ4v) is 2.41. The molecule has 2 rings (SSSR count). The summed E-state index contributed by atoms with van der Waals surface area (Å²) in [6, 6.07) is 0. The molecule has 1 aliphatic rings. The van der Waals surface area contributed by atoms with Crippen LogP contribution >= 0.6 is 0 Å². The summed E-state index contributed by atoms with van der Waals surface area (Å²) in [5.41, 5.74) is -0.823. The zero-order valence-corrected chi connectivity index (χ0v) is 11.7. The number of hydrogen-bond donors (Lipinski definition) is 1. The molecule has 0 aromatic carbocycles. The van der Waals surface area contributed by atoms with E-state index in [0.717, 1.165) is 19.4 Å². The fraction of sp³-hybridized carbons (Fsp3) is 0.769. The van der Waals surface area contributed by atoms with E-state index in [1.54, 1.807) is 6.92 Å². The van der Waals surface area contributed by atoms with Crippen LogP contribution in [0.15, 0.2) is 4.52 Å². The second-order valence-electron chi connectivity index (χ2n) is 5.66. The first kappa shape index (κ1) is 14.0. The summed E-state index contributed by atoms with van der Waals surface area (Å²) in [7, 11) is 0. The third-order valence-corrected chi connectivity index (χ3v) is 3.81. The molecule has 6 nitrogen and oxygen atoms in total. The first-order valence-corrected chi connectivity index (χ1v) is 6.74. The number of carboxylic acids is 1. The Morgan fingerprint density at radius 2 is 2.26 bits per heavy atom. The lowest BCUT2D eigenvalue weighted by Crippen LogP contribution is -2.54. The van der Waals surface area contributed by atoms with Crippen LogP contribution in [-0.2, 0) is 11.3 Å². The van der Waals surface area contributed by atoms with E-state index in [1.807, 2.05) is 18.7 Å². The Bertz CT molecular complexity index is 458. The third kappa shape index (κ3) is 2.78. The van der Waals surface area contributed by atoms with Gasteiger partial charge in [0.05, 0.1) is 6.54 Å². The molecule has 1 saturated heterocycles. The number of rotatable bonds is 4. The van der Waals surface area contributed by atoms with Gasteiger partial charge in [-0.25, -0.2) is 0 Å². The fourth-order valence-electron chi connectivity index (χ4n) is 2.41. The van der Waals surface area contributed by atoms with Gasteiger partial charge in [0.15, 0.2) is 5.82 Å². The molecule has 0 amide bonds. The maximum Gasteiger partial charge on any atom is 0.323 e. The van der Waals surface area contributed by atoms with E-state index in [-0.39, 0.29) is 5.92 Å². The molecule has 2 heterocycles. The summed E-state index contributed by atoms with van der Waals surface area (Å²) in [5.74, 6) is 0.579. The lowest BCUT2D eigenvalue weighted by Gasteiger charge is -2.40. The monoisotopic (exact) mass is 267 g/mol. The minimum Gasteiger partial charge on any atom is -0.480 e. The summed E-state index contributed by atoms with van der Waals surface area (Å²) >= 11 is 0. The van der Waals surface area contributed by atoms with Gasteiger partial charge < -0.3 is 9.63 Å². The molecule has 6 heteroatoms. The van der Waals surface area contributed by atoms with Crippen molar-refractivity contribution in [2.75, 3.05) is 6.54 Å². The molecule has 1 aliphatic heterocycles. The molecule has 1 aromatic heterocycles. The molecule has 0 saturated carbocycles. The number of aliphatic carboxylic acids is 1. The Labute approximate surface area is 112 Å². The number of aromatic nitrogens is 2. The summed E-state index contributed by atoms with van der Waals surface area (Å²) in [6.07, 6.45) is 2.62. The van der Waals surface area contributed by atoms with E-state index >= 15 is 0 Å². The van der Waals surface area contributed by atoms with Gasteiger partial charge in [-0.05, 0) is 32.7 Å². The highest BCUT2D eigenvalue weighted by Crippen LogP contribution is 2.29. The smallest absolute Gasteiger partial charge is 0.323 e. The maximum absolute atomic E-state index is 11.5. The number of likely N-dealkylation sites (tertiary alicyclic amines) is 1. The molecule has 0 bridgehead atoms. The van der Waals surface area contributed by atoms with Crippen molar-refractivity contribution in [3.8, 4) is 0 Å². The highest BCUT2D eigenvalue weighted by molar-refractivity contribution is 5.78. The Morgan fingerprint density at radius 1 is 1.53 bits per heavy atom. The number of carbonyl (C=O) groups is 1. The average Bonchev–Trinajstić information content (AvgIpc) is 2.81. The van der Waals surface area contributed by atoms with E-state index in [9.17, 15) is 9.90 Å². The molecule has 1 unspecified atom stereocenters. The quantitative estimate of drug-likeness (QED) is 0.899. The molecule has 1 aromatic rings. The van der Waals surface area contributed by atoms with Crippen molar-refractivity contribution in [1.29, 1.82) is 0 Å². The molecule has 106 valence electrons. The SMILES string of the molecule is CC(C)c1nc(CN2CCCCC2(C)C(=O)O)no1. The van der Waals surface area contributed by atoms with Crippen molar-refractivity contribution in [2.45, 2.75) is 58.0 Å². The van der Waals surface area contributed by atoms with Crippen LogP contribution < -0.4 is 0 Å². The van der Waals surface area contributed by atoms with E-state index < -0.39 is 11.5 Å². The highest BCUT2D eigenvalue weighted by atomic mass is 16.5. The second-order valence-corrected chi connectivity index (χ2v) is 5.66. The molecule has 19 heavy (non-hydrogen) atoms. The lowest BCUT2D eigenvalue weighted by atomic mass is 9.88. The van der Waals surface area contributed by atoms with Crippen LogP contribution in [0.5, 0.6) is 0 Å². The van der Waals surface area contributed by atoms with Crippen LogP contribution in [0.4, 0.5) is 0 Å². The minimum atomic E-state index is -0.823. The molecule has 0 aliphatic carbocycles. The van der Waals surface area contributed by atoms with Crippen LogP contribution in [0.2, 0.25) is 0 Å². The highest BCUT2D eigenvalue weighted by Gasteiger charge is 2.41. The van der Waals surface area contributed by atoms with E-state index in [0.29, 0.717) is 24.7 Å². The average molecular weight is 267 g/mol. The van der Waals surface area contributed by atoms with Crippen molar-refractivity contribution >= 4 is 5.97 Å². The number of piperidine rings is 1. The summed E-state index contributed by atoms with van der Waals surface area (Å²) in [4.78, 5) is 17.7. The van der Waals surface area contributed by atoms with E-state index in [4.69, 9.17) is 4.52 Å². The standard InChI is InChI=1S/C13H21N3O3/c1-9(2)11-14-10(15-19-11)8-16-7-5-4-6-13(16,3)12(17)18/h9H,4-8H2,1-3H3,(H,17,18). The molecule has 1 N–H and O–H groups in total. The van der Waals surface area contributed by atoms with Gasteiger partial charge in [-0.3, -0.25) is 9.69 Å². The number of hydrogen-bond acceptors (Lipinski definition) is 5. The van der Waals surface area contributed by atoms with Crippen LogP contribution in [0.25, 0.3) is 0 Å². The molecular formula is C13H21N3O3. The van der Waals surface area contributed by atoms with Crippen LogP contribution in [0.1, 0.15) is 57.7 Å². The van der Waals surface area contributed by atoms with Crippen molar-refractivity contribution in [1.82, 2.24) is 15.0 Å². The van der Waals surface area contributed by atoms with Gasteiger partial charge >= 0.3 is 5.97 Å². The van der Waals surface area contributed by atoms with Crippen LogP contribution in [0, 0.1) is 0 Å². The Kier molecular flexibility index (Phi) is 3.89. The summed E-state index contributed by atoms with van der Waals surface area (Å²) in [5, 5.41) is 13.4. The first-order valence-electron chi connectivity index (χ1n) is 6.74. The summed E-state index contributed by atoms with van der Waals surface area (Å²) in [6.45, 7) is 6.93. The number of carboxylic acid groups (broad SMARTS) is 1. The largest absolute Gasteiger partial charge is 0.480 e. The first-order chi connectivity index (χ1) is 8.93. The van der Waals surface area contributed by atoms with Crippen LogP contribution in [-0.4, -0.2) is 38.2 Å². The Morgan fingerprint density at radius 3 is 2.84 bits per heavy atom. The maximum atomic E-state index is 11.5. The zero-order valence-electron chi connectivity index (χ0n) is 11.7. The number of nitrogens with zero attached hydrogens (tertiary/aromatic N) is 3. The third-order valence-electron chi connectivity index (χ3n) is 3.81. The summed E-state index contributed by atoms with van der Waals surface area (Å²) < 4.78 is 5.16. The van der Waals surface area contributed by atoms with Gasteiger partial charge in [-0.2, -0.15) is 4.98 Å². The van der Waals surface area contributed by atoms with Crippen LogP contribution in [0.3, 0.4) is 0 Å². The minimum absolute atomic E-state index is 0.188. The lowest BCUT2D eigenvalue weighted by molar-refractivity contribution is -0.153. The Balaban J connectivity index is 2.13. The van der Waals surface area contributed by atoms with Crippen molar-refractivity contribution in [3.05, 3.63) is 11.7 Å².